The molecule has 1 unspecified atom stereocenters. The van der Waals surface area contributed by atoms with Crippen LogP contribution in [-0.4, -0.2) is 36.6 Å². The van der Waals surface area contributed by atoms with Crippen molar-refractivity contribution in [3.8, 4) is 11.5 Å². The average Bonchev–Trinajstić information content (AvgIpc) is 3.15. The number of rotatable bonds is 11. The van der Waals surface area contributed by atoms with Gasteiger partial charge in [-0.3, -0.25) is 4.79 Å². The summed E-state index contributed by atoms with van der Waals surface area (Å²) in [5, 5.41) is 11.5. The third-order valence-electron chi connectivity index (χ3n) is 5.62. The number of phenolic OH excluding ortho intramolecular Hbond substituents is 1. The number of ether oxygens (including phenoxy) is 3. The highest BCUT2D eigenvalue weighted by molar-refractivity contribution is 9.09. The molecule has 2 rings (SSSR count). The lowest BCUT2D eigenvalue weighted by molar-refractivity contribution is -0.140. The number of methoxy groups -OCH3 is 2. The molecule has 0 saturated carbocycles. The first kappa shape index (κ1) is 25.0. The number of hydrogen-bond donors (Lipinski definition) is 1. The Kier molecular flexibility index (Phi) is 9.62. The highest BCUT2D eigenvalue weighted by atomic mass is 79.9. The van der Waals surface area contributed by atoms with Gasteiger partial charge in [-0.1, -0.05) is 39.7 Å². The minimum absolute atomic E-state index is 0.0634. The third-order valence-corrected chi connectivity index (χ3v) is 6.00. The van der Waals surface area contributed by atoms with Crippen molar-refractivity contribution in [3.63, 3.8) is 0 Å². The molecule has 1 aliphatic rings. The summed E-state index contributed by atoms with van der Waals surface area (Å²) >= 11 is 3.39. The first-order valence-electron chi connectivity index (χ1n) is 10.4. The van der Waals surface area contributed by atoms with Gasteiger partial charge in [-0.25, -0.2) is 4.79 Å². The molecule has 6 nitrogen and oxygen atoms in total. The standard InChI is InChI=1S/C24H31BrO6/c1-15(13-17(7-5-6-12-25)9-11-20(26)29-3)8-10-18-22(27)21-19(14-31-24(21)28)16(2)23(18)30-4/h5-6,8,17,27H,7,9-14H2,1-4H3. The Hall–Kier alpha value is -2.28. The van der Waals surface area contributed by atoms with Gasteiger partial charge in [0.1, 0.15) is 23.7 Å². The molecule has 1 atom stereocenters. The van der Waals surface area contributed by atoms with Gasteiger partial charge >= 0.3 is 11.9 Å². The number of halogens is 1. The van der Waals surface area contributed by atoms with Crippen LogP contribution in [-0.2, 0) is 27.3 Å². The van der Waals surface area contributed by atoms with E-state index in [1.165, 1.54) is 7.11 Å². The predicted molar refractivity (Wildman–Crippen MR) is 123 cm³/mol. The summed E-state index contributed by atoms with van der Waals surface area (Å²) in [5.41, 5.74) is 3.48. The van der Waals surface area contributed by atoms with Crippen molar-refractivity contribution in [1.82, 2.24) is 0 Å². The van der Waals surface area contributed by atoms with Crippen LogP contribution in [0.25, 0.3) is 0 Å². The number of benzene rings is 1. The molecule has 31 heavy (non-hydrogen) atoms. The van der Waals surface area contributed by atoms with Crippen LogP contribution in [0, 0.1) is 12.8 Å². The second-order valence-corrected chi connectivity index (χ2v) is 8.36. The fraction of sp³-hybridized carbons (Fsp3) is 0.500. The molecule has 1 N–H and O–H groups in total. The minimum atomic E-state index is -0.498. The number of carbonyl (C=O) groups excluding carboxylic acids is 2. The molecule has 0 saturated heterocycles. The molecular weight excluding hydrogens is 464 g/mol. The van der Waals surface area contributed by atoms with Crippen molar-refractivity contribution in [2.45, 2.75) is 52.6 Å². The number of fused-ring (bicyclic) bond motifs is 1. The molecule has 0 radical (unpaired) electrons. The maximum Gasteiger partial charge on any atom is 0.342 e. The molecule has 0 fully saturated rings. The Labute approximate surface area is 192 Å². The van der Waals surface area contributed by atoms with Gasteiger partial charge < -0.3 is 19.3 Å². The van der Waals surface area contributed by atoms with E-state index in [4.69, 9.17) is 14.2 Å². The highest BCUT2D eigenvalue weighted by Crippen LogP contribution is 2.42. The summed E-state index contributed by atoms with van der Waals surface area (Å²) in [4.78, 5) is 23.6. The van der Waals surface area contributed by atoms with Gasteiger partial charge in [0.2, 0.25) is 0 Å². The van der Waals surface area contributed by atoms with E-state index in [2.05, 4.69) is 28.1 Å². The lowest BCUT2D eigenvalue weighted by Crippen LogP contribution is -2.07. The van der Waals surface area contributed by atoms with E-state index in [-0.39, 0.29) is 23.9 Å². The van der Waals surface area contributed by atoms with Crippen molar-refractivity contribution in [2.75, 3.05) is 19.5 Å². The van der Waals surface area contributed by atoms with Gasteiger partial charge in [-0.05, 0) is 51.0 Å². The van der Waals surface area contributed by atoms with Crippen LogP contribution in [0.2, 0.25) is 0 Å². The van der Waals surface area contributed by atoms with Gasteiger partial charge in [0.15, 0.2) is 0 Å². The number of phenols is 1. The molecule has 1 aliphatic heterocycles. The second-order valence-electron chi connectivity index (χ2n) is 7.72. The van der Waals surface area contributed by atoms with Crippen molar-refractivity contribution in [1.29, 1.82) is 0 Å². The normalized spacial score (nSPS) is 14.5. The Morgan fingerprint density at radius 2 is 2.06 bits per heavy atom. The third kappa shape index (κ3) is 6.35. The van der Waals surface area contributed by atoms with Gasteiger partial charge in [-0.15, -0.1) is 0 Å². The summed E-state index contributed by atoms with van der Waals surface area (Å²) in [5.74, 6) is 0.124. The topological polar surface area (TPSA) is 82.1 Å². The number of esters is 2. The molecule has 0 bridgehead atoms. The van der Waals surface area contributed by atoms with E-state index in [0.29, 0.717) is 35.6 Å². The molecule has 1 heterocycles. The summed E-state index contributed by atoms with van der Waals surface area (Å²) in [7, 11) is 2.96. The minimum Gasteiger partial charge on any atom is -0.507 e. The fourth-order valence-electron chi connectivity index (χ4n) is 3.92. The molecule has 7 heteroatoms. The first-order chi connectivity index (χ1) is 14.8. The molecule has 0 amide bonds. The first-order valence-corrected chi connectivity index (χ1v) is 11.5. The van der Waals surface area contributed by atoms with Crippen molar-refractivity contribution >= 4 is 27.9 Å². The monoisotopic (exact) mass is 494 g/mol. The van der Waals surface area contributed by atoms with Crippen LogP contribution < -0.4 is 4.74 Å². The number of aromatic hydroxyl groups is 1. The van der Waals surface area contributed by atoms with E-state index in [1.807, 2.05) is 19.9 Å². The predicted octanol–water partition coefficient (Wildman–Crippen LogP) is 5.17. The number of hydrogen-bond acceptors (Lipinski definition) is 6. The second kappa shape index (κ2) is 11.9. The number of allylic oxidation sites excluding steroid dienone is 4. The maximum atomic E-state index is 12.1. The van der Waals surface area contributed by atoms with Crippen LogP contribution in [0.5, 0.6) is 11.5 Å². The van der Waals surface area contributed by atoms with Crippen LogP contribution in [0.15, 0.2) is 23.8 Å². The maximum absolute atomic E-state index is 12.1. The number of carbonyl (C=O) groups is 2. The van der Waals surface area contributed by atoms with E-state index in [9.17, 15) is 14.7 Å². The molecule has 170 valence electrons. The zero-order valence-corrected chi connectivity index (χ0v) is 20.2. The Morgan fingerprint density at radius 1 is 1.32 bits per heavy atom. The molecule has 0 aromatic heterocycles. The van der Waals surface area contributed by atoms with Crippen LogP contribution in [0.3, 0.4) is 0 Å². The van der Waals surface area contributed by atoms with E-state index >= 15 is 0 Å². The van der Waals surface area contributed by atoms with E-state index in [1.54, 1.807) is 7.11 Å². The van der Waals surface area contributed by atoms with Crippen molar-refractivity contribution in [3.05, 3.63) is 46.1 Å². The van der Waals surface area contributed by atoms with Crippen molar-refractivity contribution < 1.29 is 28.9 Å². The quantitative estimate of drug-likeness (QED) is 0.259. The van der Waals surface area contributed by atoms with Gasteiger partial charge in [-0.2, -0.15) is 0 Å². The largest absolute Gasteiger partial charge is 0.507 e. The van der Waals surface area contributed by atoms with Crippen LogP contribution in [0.1, 0.15) is 59.7 Å². The molecule has 1 aromatic rings. The highest BCUT2D eigenvalue weighted by Gasteiger charge is 2.31. The lowest BCUT2D eigenvalue weighted by atomic mass is 9.90. The average molecular weight is 495 g/mol. The summed E-state index contributed by atoms with van der Waals surface area (Å²) in [6.07, 6.45) is 9.46. The van der Waals surface area contributed by atoms with Gasteiger partial charge in [0.05, 0.1) is 14.2 Å². The molecule has 1 aromatic carbocycles. The Balaban J connectivity index is 2.20. The fourth-order valence-corrected chi connectivity index (χ4v) is 4.19. The Morgan fingerprint density at radius 3 is 2.71 bits per heavy atom. The molecule has 0 aliphatic carbocycles. The SMILES string of the molecule is COC(=O)CCC(CC=CCBr)CC(C)=CCc1c(O)c2c(c(C)c1OC)COC2=O. The number of alkyl halides is 1. The Bertz CT molecular complexity index is 872. The van der Waals surface area contributed by atoms with Crippen LogP contribution in [0.4, 0.5) is 0 Å². The van der Waals surface area contributed by atoms with Crippen LogP contribution >= 0.6 is 15.9 Å². The lowest BCUT2D eigenvalue weighted by Gasteiger charge is -2.17. The zero-order valence-electron chi connectivity index (χ0n) is 18.6. The summed E-state index contributed by atoms with van der Waals surface area (Å²) in [6, 6.07) is 0. The molecular formula is C24H31BrO6. The summed E-state index contributed by atoms with van der Waals surface area (Å²) < 4.78 is 15.4. The van der Waals surface area contributed by atoms with Gasteiger partial charge in [0.25, 0.3) is 0 Å². The summed E-state index contributed by atoms with van der Waals surface area (Å²) in [6.45, 7) is 4.07. The number of cyclic esters (lactones) is 1. The zero-order chi connectivity index (χ0) is 23.0. The van der Waals surface area contributed by atoms with E-state index in [0.717, 1.165) is 35.7 Å². The van der Waals surface area contributed by atoms with E-state index < -0.39 is 5.97 Å². The smallest absolute Gasteiger partial charge is 0.342 e. The van der Waals surface area contributed by atoms with Gasteiger partial charge in [0, 0.05) is 22.9 Å². The molecule has 0 spiro atoms. The van der Waals surface area contributed by atoms with Crippen molar-refractivity contribution in [2.24, 2.45) is 5.92 Å².